The van der Waals surface area contributed by atoms with Gasteiger partial charge < -0.3 is 4.74 Å². The lowest BCUT2D eigenvalue weighted by Gasteiger charge is -2.23. The van der Waals surface area contributed by atoms with Crippen molar-refractivity contribution >= 4 is 10.1 Å². The second kappa shape index (κ2) is 6.08. The molecule has 0 amide bonds. The largest absolute Gasteiger partial charge is 0.366 e. The van der Waals surface area contributed by atoms with Crippen molar-refractivity contribution in [3.8, 4) is 0 Å². The van der Waals surface area contributed by atoms with Gasteiger partial charge in [-0.2, -0.15) is 8.42 Å². The average Bonchev–Trinajstić information content (AvgIpc) is 2.38. The first-order valence-electron chi connectivity index (χ1n) is 6.78. The van der Waals surface area contributed by atoms with Crippen LogP contribution in [0.1, 0.15) is 43.4 Å². The molecule has 1 N–H and O–H groups in total. The number of rotatable bonds is 4. The summed E-state index contributed by atoms with van der Waals surface area (Å²) in [6, 6.07) is 4.84. The van der Waals surface area contributed by atoms with E-state index in [9.17, 15) is 13.0 Å². The number of aryl methyl sites for hydroxylation is 1. The van der Waals surface area contributed by atoms with E-state index in [1.807, 2.05) is 19.9 Å². The van der Waals surface area contributed by atoms with E-state index in [4.69, 9.17) is 4.74 Å². The number of hydrogen-bond donors (Lipinski definition) is 1. The monoisotopic (exact) mass is 296 g/mol. The lowest BCUT2D eigenvalue weighted by atomic mass is 10.0. The Labute approximate surface area is 120 Å². The van der Waals surface area contributed by atoms with E-state index in [2.05, 4.69) is 6.08 Å². The lowest BCUT2D eigenvalue weighted by molar-refractivity contribution is 0.0145. The molecule has 0 spiro atoms. The van der Waals surface area contributed by atoms with E-state index in [1.165, 1.54) is 6.07 Å². The highest BCUT2D eigenvalue weighted by Gasteiger charge is 2.22. The summed E-state index contributed by atoms with van der Waals surface area (Å²) in [7, 11) is -4.23. The summed E-state index contributed by atoms with van der Waals surface area (Å²) in [5.41, 5.74) is 1.44. The van der Waals surface area contributed by atoms with E-state index in [0.29, 0.717) is 5.56 Å². The molecule has 1 aliphatic carbocycles. The summed E-state index contributed by atoms with van der Waals surface area (Å²) in [4.78, 5) is -0.0737. The van der Waals surface area contributed by atoms with E-state index in [0.717, 1.165) is 24.8 Å². The zero-order valence-electron chi connectivity index (χ0n) is 11.7. The molecule has 4 nitrogen and oxygen atoms in total. The highest BCUT2D eigenvalue weighted by atomic mass is 32.2. The molecule has 0 radical (unpaired) electrons. The van der Waals surface area contributed by atoms with Crippen molar-refractivity contribution in [1.29, 1.82) is 0 Å². The minimum Gasteiger partial charge on any atom is -0.366 e. The van der Waals surface area contributed by atoms with Gasteiger partial charge in [0.15, 0.2) is 0 Å². The molecule has 0 aliphatic heterocycles. The molecule has 0 saturated carbocycles. The molecule has 110 valence electrons. The third-order valence-corrected chi connectivity index (χ3v) is 4.40. The van der Waals surface area contributed by atoms with Gasteiger partial charge >= 0.3 is 0 Å². The molecule has 0 aromatic heterocycles. The number of benzene rings is 1. The molecule has 1 aromatic rings. The van der Waals surface area contributed by atoms with Gasteiger partial charge in [0.25, 0.3) is 10.1 Å². The minimum atomic E-state index is -4.23. The number of ether oxygens (including phenoxy) is 1. The van der Waals surface area contributed by atoms with E-state index in [-0.39, 0.29) is 17.1 Å². The molecule has 2 atom stereocenters. The molecule has 0 heterocycles. The number of allylic oxidation sites excluding steroid dienone is 1. The molecule has 2 unspecified atom stereocenters. The summed E-state index contributed by atoms with van der Waals surface area (Å²) >= 11 is 0. The average molecular weight is 296 g/mol. The second-order valence-electron chi connectivity index (χ2n) is 5.19. The Bertz CT molecular complexity index is 604. The molecular weight excluding hydrogens is 276 g/mol. The maximum absolute atomic E-state index is 11.4. The van der Waals surface area contributed by atoms with Crippen LogP contribution in [0.25, 0.3) is 0 Å². The van der Waals surface area contributed by atoms with Gasteiger partial charge in [0, 0.05) is 5.56 Å². The highest BCUT2D eigenvalue weighted by Crippen LogP contribution is 2.29. The Hall–Kier alpha value is -1.17. The van der Waals surface area contributed by atoms with Crippen molar-refractivity contribution in [2.75, 3.05) is 0 Å². The molecule has 1 aromatic carbocycles. The van der Waals surface area contributed by atoms with Crippen LogP contribution in [0.4, 0.5) is 0 Å². The maximum Gasteiger partial charge on any atom is 0.294 e. The zero-order chi connectivity index (χ0) is 14.8. The van der Waals surface area contributed by atoms with Gasteiger partial charge in [0.05, 0.1) is 17.1 Å². The highest BCUT2D eigenvalue weighted by molar-refractivity contribution is 7.85. The quantitative estimate of drug-likeness (QED) is 0.683. The third kappa shape index (κ3) is 3.69. The van der Waals surface area contributed by atoms with Crippen LogP contribution in [-0.2, 0) is 14.9 Å². The van der Waals surface area contributed by atoms with Crippen LogP contribution in [-0.4, -0.2) is 19.1 Å². The van der Waals surface area contributed by atoms with Crippen LogP contribution >= 0.6 is 0 Å². The normalized spacial score (nSPS) is 20.9. The standard InChI is InChI=1S/C15H20O4S/c1-11-8-9-15(20(16,17)18)14(10-11)12(2)19-13-6-4-3-5-7-13/h4,6,8-10,12-13H,3,5,7H2,1-2H3,(H,16,17,18). The van der Waals surface area contributed by atoms with E-state index >= 15 is 0 Å². The van der Waals surface area contributed by atoms with E-state index < -0.39 is 10.1 Å². The molecule has 20 heavy (non-hydrogen) atoms. The topological polar surface area (TPSA) is 63.6 Å². The van der Waals surface area contributed by atoms with Crippen LogP contribution in [0, 0.1) is 6.92 Å². The summed E-state index contributed by atoms with van der Waals surface area (Å²) < 4.78 is 38.1. The fourth-order valence-electron chi connectivity index (χ4n) is 2.45. The van der Waals surface area contributed by atoms with Gasteiger partial charge in [0.1, 0.15) is 0 Å². The minimum absolute atomic E-state index is 0.00788. The predicted molar refractivity (Wildman–Crippen MR) is 77.3 cm³/mol. The lowest BCUT2D eigenvalue weighted by Crippen LogP contribution is -2.17. The fourth-order valence-corrected chi connectivity index (χ4v) is 3.21. The summed E-state index contributed by atoms with van der Waals surface area (Å²) in [6.45, 7) is 3.69. The van der Waals surface area contributed by atoms with Crippen LogP contribution in [0.15, 0.2) is 35.2 Å². The Kier molecular flexibility index (Phi) is 4.62. The first-order valence-corrected chi connectivity index (χ1v) is 8.22. The van der Waals surface area contributed by atoms with Gasteiger partial charge in [-0.15, -0.1) is 0 Å². The Morgan fingerprint density at radius 1 is 1.40 bits per heavy atom. The fraction of sp³-hybridized carbons (Fsp3) is 0.467. The van der Waals surface area contributed by atoms with Gasteiger partial charge in [-0.05, 0) is 39.2 Å². The van der Waals surface area contributed by atoms with Crippen molar-refractivity contribution in [3.63, 3.8) is 0 Å². The van der Waals surface area contributed by atoms with Gasteiger partial charge in [-0.1, -0.05) is 29.8 Å². The molecule has 5 heteroatoms. The van der Waals surface area contributed by atoms with Crippen molar-refractivity contribution in [2.45, 2.75) is 50.2 Å². The molecule has 0 fully saturated rings. The van der Waals surface area contributed by atoms with Crippen LogP contribution in [0.5, 0.6) is 0 Å². The Balaban J connectivity index is 2.28. The van der Waals surface area contributed by atoms with Crippen LogP contribution < -0.4 is 0 Å². The van der Waals surface area contributed by atoms with Crippen molar-refractivity contribution in [2.24, 2.45) is 0 Å². The molecule has 2 rings (SSSR count). The Morgan fingerprint density at radius 2 is 2.15 bits per heavy atom. The summed E-state index contributed by atoms with van der Waals surface area (Å²) in [6.07, 6.45) is 6.80. The first kappa shape index (κ1) is 15.2. The van der Waals surface area contributed by atoms with Crippen LogP contribution in [0.2, 0.25) is 0 Å². The summed E-state index contributed by atoms with van der Waals surface area (Å²) in [5, 5.41) is 0. The van der Waals surface area contributed by atoms with Crippen LogP contribution in [0.3, 0.4) is 0 Å². The first-order chi connectivity index (χ1) is 9.38. The molecule has 0 bridgehead atoms. The van der Waals surface area contributed by atoms with E-state index in [1.54, 1.807) is 12.1 Å². The van der Waals surface area contributed by atoms with Gasteiger partial charge in [-0.3, -0.25) is 4.55 Å². The smallest absolute Gasteiger partial charge is 0.294 e. The Morgan fingerprint density at radius 3 is 2.75 bits per heavy atom. The van der Waals surface area contributed by atoms with Crippen molar-refractivity contribution < 1.29 is 17.7 Å². The summed E-state index contributed by atoms with van der Waals surface area (Å²) in [5.74, 6) is 0. The van der Waals surface area contributed by atoms with Crippen molar-refractivity contribution in [3.05, 3.63) is 41.5 Å². The van der Waals surface area contributed by atoms with Gasteiger partial charge in [-0.25, -0.2) is 0 Å². The molecule has 1 aliphatic rings. The SMILES string of the molecule is Cc1ccc(S(=O)(=O)O)c(C(C)OC2C=CCCC2)c1. The molecular formula is C15H20O4S. The second-order valence-corrected chi connectivity index (χ2v) is 6.58. The van der Waals surface area contributed by atoms with Gasteiger partial charge in [0.2, 0.25) is 0 Å². The zero-order valence-corrected chi connectivity index (χ0v) is 12.6. The predicted octanol–water partition coefficient (Wildman–Crippen LogP) is 3.43. The maximum atomic E-state index is 11.4. The van der Waals surface area contributed by atoms with Crippen molar-refractivity contribution in [1.82, 2.24) is 0 Å². The number of hydrogen-bond acceptors (Lipinski definition) is 3. The molecule has 0 saturated heterocycles. The third-order valence-electron chi connectivity index (χ3n) is 3.47.